The summed E-state index contributed by atoms with van der Waals surface area (Å²) >= 11 is 12.7. The molecule has 0 spiro atoms. The first kappa shape index (κ1) is 35.4. The van der Waals surface area contributed by atoms with Gasteiger partial charge in [0.2, 0.25) is 11.8 Å². The van der Waals surface area contributed by atoms with Gasteiger partial charge in [0, 0.05) is 10.9 Å². The fourth-order valence-electron chi connectivity index (χ4n) is 9.11. The molecule has 4 aliphatic rings. The van der Waals surface area contributed by atoms with E-state index in [0.29, 0.717) is 33.3 Å². The third-order valence-corrected chi connectivity index (χ3v) is 12.1. The highest BCUT2D eigenvalue weighted by Gasteiger charge is 2.70. The van der Waals surface area contributed by atoms with Crippen molar-refractivity contribution in [3.63, 3.8) is 0 Å². The molecule has 4 aromatic rings. The lowest BCUT2D eigenvalue weighted by Gasteiger charge is -2.50. The summed E-state index contributed by atoms with van der Waals surface area (Å²) in [4.78, 5) is 60.3. The van der Waals surface area contributed by atoms with E-state index in [2.05, 4.69) is 12.0 Å². The number of carbonyl (C=O) groups excluding carboxylic acids is 4. The fraction of sp³-hybridized carbons (Fsp3) is 0.238. The molecule has 2 aliphatic heterocycles. The molecule has 0 unspecified atom stereocenters. The summed E-state index contributed by atoms with van der Waals surface area (Å²) in [6, 6.07) is 23.6. The largest absolute Gasteiger partial charge is 0.504 e. The number of allylic oxidation sites excluding steroid dienone is 2. The molecule has 8 rings (SSSR count). The number of rotatable bonds is 8. The van der Waals surface area contributed by atoms with Crippen LogP contribution in [0.4, 0.5) is 11.4 Å². The summed E-state index contributed by atoms with van der Waals surface area (Å²) < 4.78 is 11.0. The van der Waals surface area contributed by atoms with Gasteiger partial charge in [0.25, 0.3) is 11.8 Å². The van der Waals surface area contributed by atoms with E-state index >= 15 is 4.79 Å². The van der Waals surface area contributed by atoms with Gasteiger partial charge in [-0.05, 0) is 90.0 Å². The minimum absolute atomic E-state index is 0.101. The summed E-state index contributed by atoms with van der Waals surface area (Å²) in [5.41, 5.74) is 4.92. The number of anilines is 2. The third-order valence-electron chi connectivity index (χ3n) is 11.5. The molecule has 3 fully saturated rings. The molecule has 0 aromatic heterocycles. The Morgan fingerprint density at radius 2 is 1.61 bits per heavy atom. The van der Waals surface area contributed by atoms with E-state index in [-0.39, 0.29) is 41.2 Å². The maximum atomic E-state index is 15.4. The lowest BCUT2D eigenvalue weighted by Crippen LogP contribution is -2.53. The van der Waals surface area contributed by atoms with Crippen molar-refractivity contribution < 1.29 is 33.8 Å². The number of phenolic OH excluding ortho intramolecular Hbond substituents is 1. The van der Waals surface area contributed by atoms with E-state index in [9.17, 15) is 19.5 Å². The molecule has 1 saturated carbocycles. The van der Waals surface area contributed by atoms with Crippen LogP contribution < -0.4 is 19.8 Å². The zero-order valence-electron chi connectivity index (χ0n) is 29.3. The van der Waals surface area contributed by atoms with Gasteiger partial charge in [-0.3, -0.25) is 29.5 Å². The maximum absolute atomic E-state index is 15.4. The molecule has 2 saturated heterocycles. The third kappa shape index (κ3) is 5.22. The summed E-state index contributed by atoms with van der Waals surface area (Å²) in [7, 11) is 2.97. The van der Waals surface area contributed by atoms with E-state index in [1.54, 1.807) is 86.0 Å². The second-order valence-corrected chi connectivity index (χ2v) is 14.8. The number of hydrogen-bond donors (Lipinski definition) is 2. The highest BCUT2D eigenvalue weighted by Crippen LogP contribution is 2.64. The number of hydrazine groups is 1. The van der Waals surface area contributed by atoms with Crippen LogP contribution in [0.5, 0.6) is 17.2 Å². The molecule has 12 heteroatoms. The Hall–Kier alpha value is -5.58. The molecule has 10 nitrogen and oxygen atoms in total. The van der Waals surface area contributed by atoms with Crippen LogP contribution in [-0.2, 0) is 24.6 Å². The van der Waals surface area contributed by atoms with Crippen molar-refractivity contribution in [3.8, 4) is 17.2 Å². The van der Waals surface area contributed by atoms with Gasteiger partial charge in [-0.2, -0.15) is 5.01 Å². The lowest BCUT2D eigenvalue weighted by atomic mass is 9.49. The van der Waals surface area contributed by atoms with Gasteiger partial charge in [0.05, 0.1) is 53.8 Å². The van der Waals surface area contributed by atoms with Crippen LogP contribution in [0.25, 0.3) is 6.08 Å². The average Bonchev–Trinajstić information content (AvgIpc) is 3.56. The number of benzene rings is 4. The Balaban J connectivity index is 1.33. The first-order valence-electron chi connectivity index (χ1n) is 17.4. The summed E-state index contributed by atoms with van der Waals surface area (Å²) in [6.45, 7) is 3.80. The van der Waals surface area contributed by atoms with Crippen LogP contribution in [0.2, 0.25) is 10.0 Å². The molecule has 4 amide bonds. The molecule has 4 aromatic carbocycles. The SMILES string of the molecule is C=Cc1ccc(N2C(=O)[C@H]3[C@H](CC=C4[C@H]3C[C@H]3C(=O)N(Nc5ccc(Cl)cc5Cl)C(=O)[C@@]3(c3ccc(OC)cc3)[C@H]4c3ccc(O)c(OC)c3)C2=O)cc1. The van der Waals surface area contributed by atoms with Crippen molar-refractivity contribution in [2.24, 2.45) is 23.7 Å². The highest BCUT2D eigenvalue weighted by molar-refractivity contribution is 6.36. The number of halogens is 2. The number of phenols is 1. The summed E-state index contributed by atoms with van der Waals surface area (Å²) in [5.74, 6) is -4.99. The molecule has 54 heavy (non-hydrogen) atoms. The molecular weight excluding hydrogens is 729 g/mol. The zero-order valence-corrected chi connectivity index (χ0v) is 30.8. The van der Waals surface area contributed by atoms with Gasteiger partial charge in [-0.15, -0.1) is 0 Å². The zero-order chi connectivity index (χ0) is 38.1. The number of carbonyl (C=O) groups is 4. The molecule has 6 atom stereocenters. The normalized spacial score (nSPS) is 25.9. The Morgan fingerprint density at radius 1 is 0.870 bits per heavy atom. The van der Waals surface area contributed by atoms with Crippen molar-refractivity contribution >= 4 is 64.3 Å². The summed E-state index contributed by atoms with van der Waals surface area (Å²) in [5, 5.41) is 12.3. The second kappa shape index (κ2) is 13.4. The molecule has 0 radical (unpaired) electrons. The van der Waals surface area contributed by atoms with Gasteiger partial charge < -0.3 is 14.6 Å². The lowest BCUT2D eigenvalue weighted by molar-refractivity contribution is -0.138. The first-order chi connectivity index (χ1) is 26.0. The van der Waals surface area contributed by atoms with Gasteiger partial charge in [0.15, 0.2) is 11.5 Å². The van der Waals surface area contributed by atoms with Gasteiger partial charge in [-0.25, -0.2) is 0 Å². The van der Waals surface area contributed by atoms with Crippen molar-refractivity contribution in [1.82, 2.24) is 5.01 Å². The maximum Gasteiger partial charge on any atom is 0.260 e. The van der Waals surface area contributed by atoms with Crippen LogP contribution in [-0.4, -0.2) is 48.0 Å². The van der Waals surface area contributed by atoms with E-state index < -0.39 is 46.8 Å². The number of fused-ring (bicyclic) bond motifs is 4. The quantitative estimate of drug-likeness (QED) is 0.139. The monoisotopic (exact) mass is 763 g/mol. The summed E-state index contributed by atoms with van der Waals surface area (Å²) in [6.07, 6.45) is 4.00. The Kier molecular flexibility index (Phi) is 8.78. The topological polar surface area (TPSA) is 125 Å². The number of methoxy groups -OCH3 is 2. The number of aromatic hydroxyl groups is 1. The molecule has 2 aliphatic carbocycles. The minimum Gasteiger partial charge on any atom is -0.504 e. The Bertz CT molecular complexity index is 2270. The van der Waals surface area contributed by atoms with Crippen LogP contribution >= 0.6 is 23.2 Å². The first-order valence-corrected chi connectivity index (χ1v) is 18.2. The van der Waals surface area contributed by atoms with E-state index in [1.807, 2.05) is 6.08 Å². The number of amides is 4. The predicted octanol–water partition coefficient (Wildman–Crippen LogP) is 7.55. The standard InChI is InChI=1S/C42H35Cl2N3O7/c1-4-22-5-11-26(12-6-22)46-38(49)29-16-15-28-30(36(29)40(46)51)21-31-39(50)47(45-33-17-10-25(43)20-32(33)44)41(52)42(31,24-8-13-27(53-2)14-9-24)37(28)23-7-18-34(48)35(19-23)54-3/h4-15,17-20,29-31,36-37,45,48H,1,16,21H2,2-3H3/t29-,30+,31-,36-,37-,42+/m0/s1. The average molecular weight is 765 g/mol. The number of nitrogens with one attached hydrogen (secondary N) is 1. The molecule has 0 bridgehead atoms. The van der Waals surface area contributed by atoms with Gasteiger partial charge in [-0.1, -0.05) is 77.8 Å². The molecule has 274 valence electrons. The van der Waals surface area contributed by atoms with Crippen LogP contribution in [0.3, 0.4) is 0 Å². The smallest absolute Gasteiger partial charge is 0.260 e. The van der Waals surface area contributed by atoms with Crippen molar-refractivity contribution in [3.05, 3.63) is 130 Å². The molecule has 2 heterocycles. The van der Waals surface area contributed by atoms with Crippen molar-refractivity contribution in [2.75, 3.05) is 24.5 Å². The second-order valence-electron chi connectivity index (χ2n) is 14.0. The number of hydrogen-bond acceptors (Lipinski definition) is 8. The van der Waals surface area contributed by atoms with Crippen LogP contribution in [0, 0.1) is 23.7 Å². The van der Waals surface area contributed by atoms with Crippen molar-refractivity contribution in [2.45, 2.75) is 24.2 Å². The Morgan fingerprint density at radius 3 is 2.28 bits per heavy atom. The van der Waals surface area contributed by atoms with E-state index in [1.165, 1.54) is 24.1 Å². The van der Waals surface area contributed by atoms with Crippen LogP contribution in [0.15, 0.2) is 103 Å². The van der Waals surface area contributed by atoms with Gasteiger partial charge in [0.1, 0.15) is 5.75 Å². The van der Waals surface area contributed by atoms with E-state index in [0.717, 1.165) is 16.1 Å². The Labute approximate surface area is 321 Å². The number of imide groups is 2. The fourth-order valence-corrected chi connectivity index (χ4v) is 9.56. The highest BCUT2D eigenvalue weighted by atomic mass is 35.5. The van der Waals surface area contributed by atoms with Gasteiger partial charge >= 0.3 is 0 Å². The molecular formula is C42H35Cl2N3O7. The minimum atomic E-state index is -1.56. The predicted molar refractivity (Wildman–Crippen MR) is 204 cm³/mol. The number of ether oxygens (including phenoxy) is 2. The van der Waals surface area contributed by atoms with E-state index in [4.69, 9.17) is 32.7 Å². The number of nitrogens with zero attached hydrogens (tertiary/aromatic N) is 2. The molecule has 2 N–H and O–H groups in total. The van der Waals surface area contributed by atoms with Crippen LogP contribution in [0.1, 0.15) is 35.4 Å². The van der Waals surface area contributed by atoms with Crippen molar-refractivity contribution in [1.29, 1.82) is 0 Å².